The third kappa shape index (κ3) is 5.56. The number of halogens is 1. The van der Waals surface area contributed by atoms with E-state index < -0.39 is 11.9 Å². The fraction of sp³-hybridized carbons (Fsp3) is 0.0455. The molecule has 0 atom stereocenters. The highest BCUT2D eigenvalue weighted by Gasteiger charge is 2.09. The van der Waals surface area contributed by atoms with Gasteiger partial charge in [0.2, 0.25) is 0 Å². The van der Waals surface area contributed by atoms with Crippen LogP contribution in [0.2, 0.25) is 5.02 Å². The van der Waals surface area contributed by atoms with Gasteiger partial charge in [0.15, 0.2) is 5.58 Å². The van der Waals surface area contributed by atoms with E-state index in [0.717, 1.165) is 16.7 Å². The Morgan fingerprint density at radius 3 is 2.42 bits per heavy atom. The van der Waals surface area contributed by atoms with Crippen molar-refractivity contribution in [3.63, 3.8) is 0 Å². The van der Waals surface area contributed by atoms with Crippen LogP contribution in [0.4, 0.5) is 10.5 Å². The van der Waals surface area contributed by atoms with Crippen LogP contribution in [0.5, 0.6) is 0 Å². The van der Waals surface area contributed by atoms with Gasteiger partial charge in [0.05, 0.1) is 0 Å². The number of thioether (sulfide) groups is 1. The second-order valence-electron chi connectivity index (χ2n) is 6.47. The van der Waals surface area contributed by atoms with E-state index in [4.69, 9.17) is 16.0 Å². The lowest BCUT2D eigenvalue weighted by molar-refractivity contribution is 0.0938. The predicted molar refractivity (Wildman–Crippen MR) is 121 cm³/mol. The number of nitrogens with zero attached hydrogens (tertiary/aromatic N) is 1. The summed E-state index contributed by atoms with van der Waals surface area (Å²) >= 11 is 7.28. The molecule has 7 nitrogen and oxygen atoms in total. The third-order valence-corrected chi connectivity index (χ3v) is 5.40. The molecule has 0 spiro atoms. The van der Waals surface area contributed by atoms with Gasteiger partial charge in [-0.1, -0.05) is 47.6 Å². The summed E-state index contributed by atoms with van der Waals surface area (Å²) in [4.78, 5) is 28.5. The molecular formula is C22H17ClN4O3S. The van der Waals surface area contributed by atoms with Crippen LogP contribution in [0.15, 0.2) is 82.4 Å². The number of hydrazine groups is 1. The molecule has 156 valence electrons. The van der Waals surface area contributed by atoms with E-state index in [-0.39, 0.29) is 0 Å². The van der Waals surface area contributed by atoms with Crippen LogP contribution >= 0.6 is 23.4 Å². The summed E-state index contributed by atoms with van der Waals surface area (Å²) in [7, 11) is 0. The van der Waals surface area contributed by atoms with Gasteiger partial charge in [0.1, 0.15) is 5.52 Å². The zero-order valence-electron chi connectivity index (χ0n) is 16.1. The zero-order chi connectivity index (χ0) is 21.6. The number of anilines is 1. The average molecular weight is 453 g/mol. The second kappa shape index (κ2) is 9.55. The highest BCUT2D eigenvalue weighted by molar-refractivity contribution is 7.98. The number of amides is 3. The van der Waals surface area contributed by atoms with Gasteiger partial charge in [-0.2, -0.15) is 0 Å². The fourth-order valence-electron chi connectivity index (χ4n) is 2.69. The Kier molecular flexibility index (Phi) is 6.40. The quantitative estimate of drug-likeness (QED) is 0.284. The van der Waals surface area contributed by atoms with Crippen molar-refractivity contribution in [1.29, 1.82) is 0 Å². The van der Waals surface area contributed by atoms with Gasteiger partial charge in [-0.15, -0.1) is 0 Å². The minimum atomic E-state index is -0.568. The van der Waals surface area contributed by atoms with Crippen LogP contribution < -0.4 is 16.2 Å². The predicted octanol–water partition coefficient (Wildman–Crippen LogP) is 5.24. The number of fused-ring (bicyclic) bond motifs is 1. The molecule has 0 aliphatic heterocycles. The molecule has 0 unspecified atom stereocenters. The third-order valence-electron chi connectivity index (χ3n) is 4.24. The van der Waals surface area contributed by atoms with Crippen LogP contribution in [0, 0.1) is 0 Å². The Morgan fingerprint density at radius 1 is 0.935 bits per heavy atom. The Balaban J connectivity index is 1.26. The van der Waals surface area contributed by atoms with Crippen molar-refractivity contribution in [1.82, 2.24) is 15.8 Å². The Bertz CT molecular complexity index is 1180. The first kappa shape index (κ1) is 20.8. The maximum Gasteiger partial charge on any atom is 0.337 e. The molecule has 4 aromatic rings. The molecule has 3 N–H and O–H groups in total. The summed E-state index contributed by atoms with van der Waals surface area (Å²) in [6.45, 7) is 0. The average Bonchev–Trinajstić information content (AvgIpc) is 3.21. The maximum atomic E-state index is 12.2. The lowest BCUT2D eigenvalue weighted by Gasteiger charge is -2.09. The van der Waals surface area contributed by atoms with E-state index in [1.54, 1.807) is 36.4 Å². The van der Waals surface area contributed by atoms with Gasteiger partial charge in [-0.3, -0.25) is 10.2 Å². The van der Waals surface area contributed by atoms with Gasteiger partial charge in [0, 0.05) is 22.0 Å². The molecule has 0 aliphatic rings. The molecule has 1 aromatic heterocycles. The van der Waals surface area contributed by atoms with Gasteiger partial charge < -0.3 is 9.73 Å². The minimum Gasteiger partial charge on any atom is -0.431 e. The molecule has 3 amide bonds. The number of hydrogen-bond donors (Lipinski definition) is 3. The molecular weight excluding hydrogens is 436 g/mol. The summed E-state index contributed by atoms with van der Waals surface area (Å²) in [6, 6.07) is 20.7. The number of carbonyl (C=O) groups is 2. The van der Waals surface area contributed by atoms with Crippen LogP contribution in [0.1, 0.15) is 15.9 Å². The molecule has 0 radical (unpaired) electrons. The van der Waals surface area contributed by atoms with Crippen LogP contribution in [0.25, 0.3) is 11.1 Å². The van der Waals surface area contributed by atoms with Crippen molar-refractivity contribution < 1.29 is 14.0 Å². The van der Waals surface area contributed by atoms with E-state index >= 15 is 0 Å². The van der Waals surface area contributed by atoms with Crippen LogP contribution in [0.3, 0.4) is 0 Å². The number of rotatable bonds is 5. The highest BCUT2D eigenvalue weighted by atomic mass is 35.5. The van der Waals surface area contributed by atoms with Crippen LogP contribution in [-0.2, 0) is 5.75 Å². The Labute approximate surface area is 187 Å². The van der Waals surface area contributed by atoms with Gasteiger partial charge in [-0.25, -0.2) is 15.2 Å². The molecule has 0 fully saturated rings. The summed E-state index contributed by atoms with van der Waals surface area (Å²) in [5.74, 6) is 0.223. The highest BCUT2D eigenvalue weighted by Crippen LogP contribution is 2.26. The number of benzene rings is 3. The summed E-state index contributed by atoms with van der Waals surface area (Å²) in [5, 5.41) is 3.75. The maximum absolute atomic E-state index is 12.2. The topological polar surface area (TPSA) is 96.3 Å². The number of aromatic nitrogens is 1. The van der Waals surface area contributed by atoms with E-state index in [1.165, 1.54) is 11.8 Å². The number of urea groups is 1. The number of oxazole rings is 1. The van der Waals surface area contributed by atoms with Gasteiger partial charge in [-0.05, 0) is 54.1 Å². The van der Waals surface area contributed by atoms with E-state index in [1.807, 2.05) is 36.4 Å². The minimum absolute atomic E-state index is 0.419. The largest absolute Gasteiger partial charge is 0.431 e. The summed E-state index contributed by atoms with van der Waals surface area (Å²) in [6.07, 6.45) is 0. The molecule has 4 rings (SSSR count). The zero-order valence-corrected chi connectivity index (χ0v) is 17.7. The Hall–Kier alpha value is -3.49. The van der Waals surface area contributed by atoms with Crippen molar-refractivity contribution in [2.24, 2.45) is 0 Å². The molecule has 9 heteroatoms. The number of nitrogens with one attached hydrogen (secondary N) is 3. The first-order valence-electron chi connectivity index (χ1n) is 9.27. The summed E-state index contributed by atoms with van der Waals surface area (Å²) in [5.41, 5.74) is 8.24. The van der Waals surface area contributed by atoms with E-state index in [0.29, 0.717) is 27.2 Å². The van der Waals surface area contributed by atoms with Crippen molar-refractivity contribution in [2.45, 2.75) is 11.0 Å². The standard InChI is InChI=1S/C22H17ClN4O3S/c23-16-9-11-17(12-10-16)24-21(29)27-26-20(28)15-7-5-14(6-8-15)13-31-22-25-18-3-1-2-4-19(18)30-22/h1-12H,13H2,(H,26,28)(H2,24,27,29). The van der Waals surface area contributed by atoms with Crippen molar-refractivity contribution >= 4 is 52.1 Å². The molecule has 0 saturated heterocycles. The number of para-hydroxylation sites is 2. The first-order valence-corrected chi connectivity index (χ1v) is 10.6. The fourth-order valence-corrected chi connectivity index (χ4v) is 3.61. The molecule has 0 saturated carbocycles. The van der Waals surface area contributed by atoms with Crippen molar-refractivity contribution in [3.8, 4) is 0 Å². The summed E-state index contributed by atoms with van der Waals surface area (Å²) < 4.78 is 5.69. The first-order chi connectivity index (χ1) is 15.1. The Morgan fingerprint density at radius 2 is 1.68 bits per heavy atom. The molecule has 0 aliphatic carbocycles. The molecule has 31 heavy (non-hydrogen) atoms. The lowest BCUT2D eigenvalue weighted by atomic mass is 10.1. The monoisotopic (exact) mass is 452 g/mol. The van der Waals surface area contributed by atoms with E-state index in [2.05, 4.69) is 21.2 Å². The van der Waals surface area contributed by atoms with Crippen LogP contribution in [-0.4, -0.2) is 16.9 Å². The smallest absolute Gasteiger partial charge is 0.337 e. The van der Waals surface area contributed by atoms with Gasteiger partial charge in [0.25, 0.3) is 11.1 Å². The molecule has 1 heterocycles. The number of hydrogen-bond acceptors (Lipinski definition) is 5. The van der Waals surface area contributed by atoms with Crippen molar-refractivity contribution in [3.05, 3.63) is 88.9 Å². The molecule has 3 aromatic carbocycles. The van der Waals surface area contributed by atoms with Gasteiger partial charge >= 0.3 is 6.03 Å². The SMILES string of the molecule is O=C(NNC(=O)c1ccc(CSc2nc3ccccc3o2)cc1)Nc1ccc(Cl)cc1. The molecule has 0 bridgehead atoms. The van der Waals surface area contributed by atoms with E-state index in [9.17, 15) is 9.59 Å². The normalized spacial score (nSPS) is 10.6. The van der Waals surface area contributed by atoms with Crippen molar-refractivity contribution in [2.75, 3.05) is 5.32 Å². The number of carbonyl (C=O) groups excluding carboxylic acids is 2. The lowest BCUT2D eigenvalue weighted by Crippen LogP contribution is -2.43. The second-order valence-corrected chi connectivity index (χ2v) is 7.84.